The predicted molar refractivity (Wildman–Crippen MR) is 60.6 cm³/mol. The Hall–Kier alpha value is -2.44. The van der Waals surface area contributed by atoms with Crippen LogP contribution in [0.25, 0.3) is 11.4 Å². The van der Waals surface area contributed by atoms with Crippen LogP contribution in [-0.4, -0.2) is 34.2 Å². The summed E-state index contributed by atoms with van der Waals surface area (Å²) in [7, 11) is 3.01. The number of nitrogens with two attached hydrogens (primary N) is 1. The summed E-state index contributed by atoms with van der Waals surface area (Å²) in [5, 5.41) is 0. The van der Waals surface area contributed by atoms with Gasteiger partial charge in [-0.15, -0.1) is 0 Å². The van der Waals surface area contributed by atoms with Crippen molar-refractivity contribution in [2.45, 2.75) is 0 Å². The number of nitrogen functional groups attached to an aromatic ring is 1. The smallest absolute Gasteiger partial charge is 0.241 e. The molecule has 0 aliphatic carbocycles. The maximum absolute atomic E-state index is 5.57. The fraction of sp³-hybridized carbons (Fsp3) is 0.200. The van der Waals surface area contributed by atoms with Gasteiger partial charge in [-0.1, -0.05) is 0 Å². The predicted octanol–water partition coefficient (Wildman–Crippen LogP) is 0.533. The van der Waals surface area contributed by atoms with E-state index in [-0.39, 0.29) is 5.95 Å². The van der Waals surface area contributed by atoms with Crippen LogP contribution in [0, 0.1) is 0 Å². The fourth-order valence-electron chi connectivity index (χ4n) is 1.32. The van der Waals surface area contributed by atoms with E-state index >= 15 is 0 Å². The lowest BCUT2D eigenvalue weighted by Gasteiger charge is -2.06. The summed E-state index contributed by atoms with van der Waals surface area (Å²) < 4.78 is 10.1. The van der Waals surface area contributed by atoms with Crippen LogP contribution in [-0.2, 0) is 0 Å². The molecule has 0 atom stereocenters. The number of rotatable bonds is 3. The molecule has 2 aromatic heterocycles. The lowest BCUT2D eigenvalue weighted by molar-refractivity contribution is 0.395. The molecule has 0 amide bonds. The molecule has 0 unspecified atom stereocenters. The zero-order chi connectivity index (χ0) is 12.3. The molecule has 0 spiro atoms. The SMILES string of the molecule is COc1cc(-c2nccnc2OC)nc(N)n1. The molecule has 2 heterocycles. The maximum Gasteiger partial charge on any atom is 0.241 e. The van der Waals surface area contributed by atoms with Gasteiger partial charge in [0.25, 0.3) is 0 Å². The number of aromatic nitrogens is 4. The van der Waals surface area contributed by atoms with Gasteiger partial charge in [-0.2, -0.15) is 4.98 Å². The molecule has 7 nitrogen and oxygen atoms in total. The molecule has 0 radical (unpaired) electrons. The highest BCUT2D eigenvalue weighted by Crippen LogP contribution is 2.25. The molecule has 0 aliphatic heterocycles. The molecule has 0 saturated heterocycles. The Kier molecular flexibility index (Phi) is 2.99. The van der Waals surface area contributed by atoms with E-state index in [1.165, 1.54) is 20.4 Å². The molecular formula is C10H11N5O2. The topological polar surface area (TPSA) is 96.0 Å². The van der Waals surface area contributed by atoms with E-state index in [4.69, 9.17) is 15.2 Å². The van der Waals surface area contributed by atoms with Crippen LogP contribution in [0.5, 0.6) is 11.8 Å². The number of methoxy groups -OCH3 is 2. The van der Waals surface area contributed by atoms with E-state index < -0.39 is 0 Å². The van der Waals surface area contributed by atoms with Gasteiger partial charge < -0.3 is 15.2 Å². The quantitative estimate of drug-likeness (QED) is 0.826. The van der Waals surface area contributed by atoms with E-state index in [2.05, 4.69) is 19.9 Å². The largest absolute Gasteiger partial charge is 0.481 e. The first-order chi connectivity index (χ1) is 8.24. The molecule has 88 valence electrons. The Morgan fingerprint density at radius 2 is 1.82 bits per heavy atom. The standard InChI is InChI=1S/C10H11N5O2/c1-16-7-5-6(14-10(11)15-7)8-9(17-2)13-4-3-12-8/h3-5H,1-2H3,(H2,11,14,15). The number of nitrogens with zero attached hydrogens (tertiary/aromatic N) is 4. The van der Waals surface area contributed by atoms with E-state index in [0.717, 1.165) is 0 Å². The van der Waals surface area contributed by atoms with Gasteiger partial charge in [0.15, 0.2) is 5.69 Å². The fourth-order valence-corrected chi connectivity index (χ4v) is 1.32. The number of ether oxygens (including phenoxy) is 2. The minimum atomic E-state index is 0.104. The Labute approximate surface area is 97.7 Å². The van der Waals surface area contributed by atoms with Gasteiger partial charge in [0, 0.05) is 18.5 Å². The minimum absolute atomic E-state index is 0.104. The van der Waals surface area contributed by atoms with Crippen molar-refractivity contribution in [1.82, 2.24) is 19.9 Å². The molecule has 2 N–H and O–H groups in total. The second kappa shape index (κ2) is 4.60. The van der Waals surface area contributed by atoms with Gasteiger partial charge in [0.2, 0.25) is 17.7 Å². The molecule has 0 saturated carbocycles. The van der Waals surface area contributed by atoms with Crippen LogP contribution < -0.4 is 15.2 Å². The van der Waals surface area contributed by atoms with Crippen molar-refractivity contribution in [3.05, 3.63) is 18.5 Å². The Bertz CT molecular complexity index is 532. The van der Waals surface area contributed by atoms with Gasteiger partial charge in [-0.25, -0.2) is 15.0 Å². The Morgan fingerprint density at radius 1 is 1.06 bits per heavy atom. The van der Waals surface area contributed by atoms with E-state index in [9.17, 15) is 0 Å². The highest BCUT2D eigenvalue weighted by atomic mass is 16.5. The average Bonchev–Trinajstić information content (AvgIpc) is 2.37. The first-order valence-corrected chi connectivity index (χ1v) is 4.78. The lowest BCUT2D eigenvalue weighted by atomic mass is 10.3. The minimum Gasteiger partial charge on any atom is -0.481 e. The van der Waals surface area contributed by atoms with Gasteiger partial charge >= 0.3 is 0 Å². The van der Waals surface area contributed by atoms with E-state index in [1.54, 1.807) is 12.3 Å². The normalized spacial score (nSPS) is 10.0. The summed E-state index contributed by atoms with van der Waals surface area (Å²) in [6.07, 6.45) is 3.08. The van der Waals surface area contributed by atoms with Crippen molar-refractivity contribution in [2.24, 2.45) is 0 Å². The molecule has 0 aromatic carbocycles. The molecule has 0 aliphatic rings. The summed E-state index contributed by atoms with van der Waals surface area (Å²) >= 11 is 0. The molecule has 2 rings (SSSR count). The number of hydrogen-bond acceptors (Lipinski definition) is 7. The van der Waals surface area contributed by atoms with Crippen molar-refractivity contribution in [2.75, 3.05) is 20.0 Å². The second-order valence-electron chi connectivity index (χ2n) is 3.07. The molecule has 7 heteroatoms. The van der Waals surface area contributed by atoms with Crippen LogP contribution >= 0.6 is 0 Å². The first-order valence-electron chi connectivity index (χ1n) is 4.78. The van der Waals surface area contributed by atoms with Crippen molar-refractivity contribution < 1.29 is 9.47 Å². The van der Waals surface area contributed by atoms with Gasteiger partial charge in [0.05, 0.1) is 14.2 Å². The van der Waals surface area contributed by atoms with Crippen LogP contribution in [0.2, 0.25) is 0 Å². The van der Waals surface area contributed by atoms with E-state index in [0.29, 0.717) is 23.1 Å². The zero-order valence-corrected chi connectivity index (χ0v) is 9.41. The third kappa shape index (κ3) is 2.22. The highest BCUT2D eigenvalue weighted by molar-refractivity contribution is 5.61. The zero-order valence-electron chi connectivity index (χ0n) is 9.41. The van der Waals surface area contributed by atoms with Crippen molar-refractivity contribution in [3.8, 4) is 23.1 Å². The third-order valence-electron chi connectivity index (χ3n) is 2.03. The highest BCUT2D eigenvalue weighted by Gasteiger charge is 2.12. The average molecular weight is 233 g/mol. The van der Waals surface area contributed by atoms with E-state index in [1.807, 2.05) is 0 Å². The summed E-state index contributed by atoms with van der Waals surface area (Å²) in [6.45, 7) is 0. The monoisotopic (exact) mass is 233 g/mol. The molecule has 17 heavy (non-hydrogen) atoms. The van der Waals surface area contributed by atoms with Gasteiger partial charge in [-0.3, -0.25) is 0 Å². The summed E-state index contributed by atoms with van der Waals surface area (Å²) in [4.78, 5) is 16.1. The van der Waals surface area contributed by atoms with Crippen LogP contribution in [0.15, 0.2) is 18.5 Å². The first kappa shape index (κ1) is 11.1. The van der Waals surface area contributed by atoms with Crippen molar-refractivity contribution >= 4 is 5.95 Å². The van der Waals surface area contributed by atoms with Crippen LogP contribution in [0.3, 0.4) is 0 Å². The van der Waals surface area contributed by atoms with Crippen molar-refractivity contribution in [3.63, 3.8) is 0 Å². The second-order valence-corrected chi connectivity index (χ2v) is 3.07. The summed E-state index contributed by atoms with van der Waals surface area (Å²) in [5.41, 5.74) is 6.56. The maximum atomic E-state index is 5.57. The van der Waals surface area contributed by atoms with Gasteiger partial charge in [-0.05, 0) is 0 Å². The summed E-state index contributed by atoms with van der Waals surface area (Å²) in [5.74, 6) is 0.833. The third-order valence-corrected chi connectivity index (χ3v) is 2.03. The lowest BCUT2D eigenvalue weighted by Crippen LogP contribution is -2.01. The Balaban J connectivity index is 2.55. The molecular weight excluding hydrogens is 222 g/mol. The van der Waals surface area contributed by atoms with Crippen LogP contribution in [0.4, 0.5) is 5.95 Å². The molecule has 0 fully saturated rings. The Morgan fingerprint density at radius 3 is 2.53 bits per heavy atom. The van der Waals surface area contributed by atoms with Gasteiger partial charge in [0.1, 0.15) is 5.69 Å². The molecule has 0 bridgehead atoms. The van der Waals surface area contributed by atoms with Crippen molar-refractivity contribution in [1.29, 1.82) is 0 Å². The van der Waals surface area contributed by atoms with Crippen LogP contribution in [0.1, 0.15) is 0 Å². The summed E-state index contributed by atoms with van der Waals surface area (Å²) in [6, 6.07) is 1.61. The number of hydrogen-bond donors (Lipinski definition) is 1. The molecule has 2 aromatic rings. The number of anilines is 1.